The molecule has 1 aromatic heterocycles. The molecule has 1 aromatic rings. The van der Waals surface area contributed by atoms with Crippen molar-refractivity contribution < 1.29 is 19.4 Å². The second kappa shape index (κ2) is 5.45. The van der Waals surface area contributed by atoms with E-state index in [4.69, 9.17) is 9.84 Å². The van der Waals surface area contributed by atoms with Crippen LogP contribution in [0, 0.1) is 0 Å². The first-order valence-corrected chi connectivity index (χ1v) is 6.56. The molecule has 2 atom stereocenters. The van der Waals surface area contributed by atoms with Crippen LogP contribution in [0.2, 0.25) is 0 Å². The van der Waals surface area contributed by atoms with E-state index in [1.807, 2.05) is 0 Å². The average Bonchev–Trinajstić information content (AvgIpc) is 3.00. The highest BCUT2D eigenvalue weighted by atomic mass is 32.1. The Morgan fingerprint density at radius 3 is 3.00 bits per heavy atom. The van der Waals surface area contributed by atoms with Gasteiger partial charge < -0.3 is 15.2 Å². The van der Waals surface area contributed by atoms with Crippen LogP contribution in [0.25, 0.3) is 0 Å². The maximum atomic E-state index is 11.8. The molecule has 1 fully saturated rings. The molecule has 1 amide bonds. The van der Waals surface area contributed by atoms with Gasteiger partial charge in [0.2, 0.25) is 5.91 Å². The summed E-state index contributed by atoms with van der Waals surface area (Å²) in [6.07, 6.45) is 1.25. The topological polar surface area (TPSA) is 88.5 Å². The number of hydrogen-bond donors (Lipinski definition) is 2. The Kier molecular flexibility index (Phi) is 3.93. The monoisotopic (exact) mass is 270 g/mol. The summed E-state index contributed by atoms with van der Waals surface area (Å²) in [4.78, 5) is 26.5. The summed E-state index contributed by atoms with van der Waals surface area (Å²) in [5, 5.41) is 13.6. The summed E-state index contributed by atoms with van der Waals surface area (Å²) >= 11 is 1.22. The zero-order chi connectivity index (χ0) is 13.1. The molecule has 1 aliphatic heterocycles. The van der Waals surface area contributed by atoms with Crippen LogP contribution in [0.1, 0.15) is 41.3 Å². The fourth-order valence-electron chi connectivity index (χ4n) is 1.74. The third-order valence-electron chi connectivity index (χ3n) is 2.69. The van der Waals surface area contributed by atoms with Gasteiger partial charge in [-0.05, 0) is 19.8 Å². The quantitative estimate of drug-likeness (QED) is 0.858. The SMILES string of the molecule is CC(NC(=O)[C@@H]1CCCO1)c1nc(C(=O)O)cs1. The van der Waals surface area contributed by atoms with Gasteiger partial charge in [-0.2, -0.15) is 0 Å². The molecule has 2 heterocycles. The number of amides is 1. The molecule has 0 aromatic carbocycles. The molecule has 2 N–H and O–H groups in total. The predicted octanol–water partition coefficient (Wildman–Crippen LogP) is 1.20. The average molecular weight is 270 g/mol. The molecule has 6 nitrogen and oxygen atoms in total. The molecule has 1 aliphatic rings. The van der Waals surface area contributed by atoms with E-state index in [1.54, 1.807) is 6.92 Å². The summed E-state index contributed by atoms with van der Waals surface area (Å²) < 4.78 is 5.27. The smallest absolute Gasteiger partial charge is 0.355 e. The molecule has 0 aliphatic carbocycles. The van der Waals surface area contributed by atoms with Gasteiger partial charge in [0.1, 0.15) is 11.1 Å². The van der Waals surface area contributed by atoms with Crippen LogP contribution in [0.3, 0.4) is 0 Å². The van der Waals surface area contributed by atoms with E-state index in [1.165, 1.54) is 16.7 Å². The molecule has 18 heavy (non-hydrogen) atoms. The third kappa shape index (κ3) is 2.85. The fraction of sp³-hybridized carbons (Fsp3) is 0.545. The minimum atomic E-state index is -1.06. The Hall–Kier alpha value is -1.47. The molecule has 2 rings (SSSR count). The summed E-state index contributed by atoms with van der Waals surface area (Å²) in [6.45, 7) is 2.39. The van der Waals surface area contributed by atoms with E-state index in [0.29, 0.717) is 11.6 Å². The van der Waals surface area contributed by atoms with E-state index < -0.39 is 5.97 Å². The second-order valence-corrected chi connectivity index (χ2v) is 5.00. The van der Waals surface area contributed by atoms with Crippen LogP contribution in [0.5, 0.6) is 0 Å². The lowest BCUT2D eigenvalue weighted by molar-refractivity contribution is -0.130. The minimum absolute atomic E-state index is 0.00761. The fourth-order valence-corrected chi connectivity index (χ4v) is 2.54. The van der Waals surface area contributed by atoms with Gasteiger partial charge in [-0.3, -0.25) is 4.79 Å². The van der Waals surface area contributed by atoms with Gasteiger partial charge in [0.15, 0.2) is 5.69 Å². The standard InChI is InChI=1S/C11H14N2O4S/c1-6(10-13-7(5-18-10)11(15)16)12-9(14)8-3-2-4-17-8/h5-6,8H,2-4H2,1H3,(H,12,14)(H,15,16)/t6?,8-/m0/s1. The Labute approximate surface area is 108 Å². The number of nitrogens with zero attached hydrogens (tertiary/aromatic N) is 1. The van der Waals surface area contributed by atoms with Gasteiger partial charge in [0.05, 0.1) is 6.04 Å². The first-order chi connectivity index (χ1) is 8.58. The Morgan fingerprint density at radius 2 is 2.44 bits per heavy atom. The number of thiazole rings is 1. The van der Waals surface area contributed by atoms with Crippen molar-refractivity contribution in [1.29, 1.82) is 0 Å². The molecule has 1 unspecified atom stereocenters. The zero-order valence-corrected chi connectivity index (χ0v) is 10.7. The van der Waals surface area contributed by atoms with Gasteiger partial charge in [-0.1, -0.05) is 0 Å². The minimum Gasteiger partial charge on any atom is -0.476 e. The molecule has 0 saturated carbocycles. The molecular weight excluding hydrogens is 256 g/mol. The number of hydrogen-bond acceptors (Lipinski definition) is 5. The van der Waals surface area contributed by atoms with Crippen molar-refractivity contribution in [3.8, 4) is 0 Å². The number of carboxylic acids is 1. The van der Waals surface area contributed by atoms with Crippen LogP contribution < -0.4 is 5.32 Å². The van der Waals surface area contributed by atoms with Crippen LogP contribution in [-0.4, -0.2) is 34.7 Å². The summed E-state index contributed by atoms with van der Waals surface area (Å²) in [5.41, 5.74) is 0.00761. The maximum Gasteiger partial charge on any atom is 0.355 e. The van der Waals surface area contributed by atoms with E-state index >= 15 is 0 Å². The highest BCUT2D eigenvalue weighted by Crippen LogP contribution is 2.19. The van der Waals surface area contributed by atoms with Crippen LogP contribution >= 0.6 is 11.3 Å². The number of carbonyl (C=O) groups is 2. The van der Waals surface area contributed by atoms with Crippen molar-refractivity contribution >= 4 is 23.2 Å². The highest BCUT2D eigenvalue weighted by molar-refractivity contribution is 7.09. The number of rotatable bonds is 4. The number of ether oxygens (including phenoxy) is 1. The van der Waals surface area contributed by atoms with Crippen molar-refractivity contribution in [3.05, 3.63) is 16.1 Å². The first kappa shape index (κ1) is 13.0. The van der Waals surface area contributed by atoms with Crippen molar-refractivity contribution in [3.63, 3.8) is 0 Å². The molecule has 0 bridgehead atoms. The third-order valence-corrected chi connectivity index (χ3v) is 3.72. The van der Waals surface area contributed by atoms with Crippen LogP contribution in [-0.2, 0) is 9.53 Å². The van der Waals surface area contributed by atoms with E-state index in [9.17, 15) is 9.59 Å². The van der Waals surface area contributed by atoms with Gasteiger partial charge in [-0.15, -0.1) is 11.3 Å². The Morgan fingerprint density at radius 1 is 1.67 bits per heavy atom. The van der Waals surface area contributed by atoms with Crippen molar-refractivity contribution in [2.45, 2.75) is 31.9 Å². The van der Waals surface area contributed by atoms with Crippen molar-refractivity contribution in [2.75, 3.05) is 6.61 Å². The number of aromatic nitrogens is 1. The second-order valence-electron chi connectivity index (χ2n) is 4.11. The number of carbonyl (C=O) groups excluding carboxylic acids is 1. The molecule has 98 valence electrons. The summed E-state index contributed by atoms with van der Waals surface area (Å²) in [5.74, 6) is -1.22. The lowest BCUT2D eigenvalue weighted by Gasteiger charge is -2.14. The van der Waals surface area contributed by atoms with Gasteiger partial charge >= 0.3 is 5.97 Å². The Bertz CT molecular complexity index is 454. The predicted molar refractivity (Wildman–Crippen MR) is 64.6 cm³/mol. The highest BCUT2D eigenvalue weighted by Gasteiger charge is 2.25. The molecule has 0 spiro atoms. The van der Waals surface area contributed by atoms with Crippen molar-refractivity contribution in [1.82, 2.24) is 10.3 Å². The molecule has 0 radical (unpaired) electrons. The van der Waals surface area contributed by atoms with Crippen molar-refractivity contribution in [2.24, 2.45) is 0 Å². The van der Waals surface area contributed by atoms with E-state index in [2.05, 4.69) is 10.3 Å². The van der Waals surface area contributed by atoms with Gasteiger partial charge in [-0.25, -0.2) is 9.78 Å². The number of nitrogens with one attached hydrogen (secondary N) is 1. The van der Waals surface area contributed by atoms with E-state index in [-0.39, 0.29) is 23.7 Å². The molecular formula is C11H14N2O4S. The Balaban J connectivity index is 1.95. The van der Waals surface area contributed by atoms with Crippen LogP contribution in [0.4, 0.5) is 0 Å². The molecule has 7 heteroatoms. The number of carboxylic acid groups (broad SMARTS) is 1. The summed E-state index contributed by atoms with van der Waals surface area (Å²) in [6, 6.07) is -0.306. The lowest BCUT2D eigenvalue weighted by Crippen LogP contribution is -2.35. The zero-order valence-electron chi connectivity index (χ0n) is 9.88. The largest absolute Gasteiger partial charge is 0.476 e. The van der Waals surface area contributed by atoms with Gasteiger partial charge in [0, 0.05) is 12.0 Å². The summed E-state index contributed by atoms with van der Waals surface area (Å²) in [7, 11) is 0. The number of aromatic carboxylic acids is 1. The lowest BCUT2D eigenvalue weighted by atomic mass is 10.2. The molecule has 1 saturated heterocycles. The normalized spacial score (nSPS) is 20.6. The van der Waals surface area contributed by atoms with Gasteiger partial charge in [0.25, 0.3) is 0 Å². The van der Waals surface area contributed by atoms with E-state index in [0.717, 1.165) is 12.8 Å². The maximum absolute atomic E-state index is 11.8. The van der Waals surface area contributed by atoms with Crippen LogP contribution in [0.15, 0.2) is 5.38 Å². The first-order valence-electron chi connectivity index (χ1n) is 5.68.